The maximum Gasteiger partial charge on any atom is 0.354 e. The van der Waals surface area contributed by atoms with Crippen molar-refractivity contribution in [1.29, 1.82) is 0 Å². The van der Waals surface area contributed by atoms with Crippen molar-refractivity contribution in [2.24, 2.45) is 0 Å². The summed E-state index contributed by atoms with van der Waals surface area (Å²) in [7, 11) is 0. The van der Waals surface area contributed by atoms with Crippen molar-refractivity contribution in [3.63, 3.8) is 0 Å². The molecule has 1 unspecified atom stereocenters. The summed E-state index contributed by atoms with van der Waals surface area (Å²) in [5.74, 6) is -0.914. The third-order valence-corrected chi connectivity index (χ3v) is 7.66. The van der Waals surface area contributed by atoms with E-state index in [-0.39, 0.29) is 10.8 Å². The minimum Gasteiger partial charge on any atom is -0.477 e. The van der Waals surface area contributed by atoms with Gasteiger partial charge in [-0.3, -0.25) is 0 Å². The zero-order valence-corrected chi connectivity index (χ0v) is 16.7. The Morgan fingerprint density at radius 2 is 2.08 bits per heavy atom. The van der Waals surface area contributed by atoms with Gasteiger partial charge in [0.15, 0.2) is 10.9 Å². The number of aryl methyl sites for hydroxylation is 1. The zero-order valence-electron chi connectivity index (χ0n) is 14.9. The van der Waals surface area contributed by atoms with Crippen molar-refractivity contribution in [2.75, 3.05) is 0 Å². The van der Waals surface area contributed by atoms with Crippen molar-refractivity contribution in [1.82, 2.24) is 9.55 Å². The number of hydrogen-bond acceptors (Lipinski definition) is 4. The van der Waals surface area contributed by atoms with Crippen LogP contribution in [0.4, 0.5) is 0 Å². The second-order valence-electron chi connectivity index (χ2n) is 7.34. The maximum absolute atomic E-state index is 12.0. The second kappa shape index (κ2) is 6.97. The van der Waals surface area contributed by atoms with Crippen LogP contribution in [-0.4, -0.2) is 25.4 Å². The lowest BCUT2D eigenvalue weighted by Crippen LogP contribution is -2.36. The number of thioether (sulfide) groups is 1. The highest BCUT2D eigenvalue weighted by atomic mass is 32.2. The van der Waals surface area contributed by atoms with E-state index in [9.17, 15) is 9.90 Å². The van der Waals surface area contributed by atoms with Gasteiger partial charge in [0.2, 0.25) is 0 Å². The Bertz CT molecular complexity index is 840. The van der Waals surface area contributed by atoms with Crippen LogP contribution in [0.15, 0.2) is 34.3 Å². The average Bonchev–Trinajstić information content (AvgIpc) is 2.98. The topological polar surface area (TPSA) is 55.1 Å². The van der Waals surface area contributed by atoms with Gasteiger partial charge in [0, 0.05) is 9.64 Å². The summed E-state index contributed by atoms with van der Waals surface area (Å²) in [6.45, 7) is 1.94. The van der Waals surface area contributed by atoms with Crippen molar-refractivity contribution < 1.29 is 9.90 Å². The molecule has 1 saturated carbocycles. The summed E-state index contributed by atoms with van der Waals surface area (Å²) in [5, 5.41) is 10.4. The fraction of sp³-hybridized carbons (Fsp3) is 0.500. The molecule has 4 nitrogen and oxygen atoms in total. The van der Waals surface area contributed by atoms with Crippen LogP contribution in [0.5, 0.6) is 0 Å². The Morgan fingerprint density at radius 3 is 2.77 bits per heavy atom. The first kappa shape index (κ1) is 18.0. The molecule has 1 spiro atoms. The minimum absolute atomic E-state index is 0.0167. The van der Waals surface area contributed by atoms with E-state index < -0.39 is 5.97 Å². The lowest BCUT2D eigenvalue weighted by Gasteiger charge is -2.44. The van der Waals surface area contributed by atoms with E-state index in [4.69, 9.17) is 0 Å². The molecular formula is C20H24N2O2S2. The molecule has 0 bridgehead atoms. The van der Waals surface area contributed by atoms with E-state index >= 15 is 0 Å². The van der Waals surface area contributed by atoms with E-state index in [0.717, 1.165) is 6.42 Å². The van der Waals surface area contributed by atoms with Gasteiger partial charge in [0.05, 0.1) is 11.7 Å². The lowest BCUT2D eigenvalue weighted by molar-refractivity contribution is 0.0680. The third-order valence-electron chi connectivity index (χ3n) is 5.75. The minimum atomic E-state index is -0.914. The molecule has 6 heteroatoms. The zero-order chi connectivity index (χ0) is 18.3. The fourth-order valence-corrected chi connectivity index (χ4v) is 6.58. The van der Waals surface area contributed by atoms with E-state index in [0.29, 0.717) is 23.0 Å². The first-order chi connectivity index (χ1) is 12.5. The number of aromatic carboxylic acids is 1. The smallest absolute Gasteiger partial charge is 0.354 e. The highest BCUT2D eigenvalue weighted by Crippen LogP contribution is 2.55. The second-order valence-corrected chi connectivity index (χ2v) is 9.25. The number of imidazole rings is 1. The standard InChI is InChI=1S/C20H24N2O2S2/c1-2-14-17(18(23)24)22(19(25)21-14)15-12-20(10-6-3-7-11-20)26-16-9-5-4-8-13(15)16/h4-5,8-9,15H,2-3,6-7,10-12H2,1H3,(H,21,25)(H,23,24). The molecule has 2 aromatic rings. The van der Waals surface area contributed by atoms with Crippen LogP contribution in [0.3, 0.4) is 0 Å². The first-order valence-corrected chi connectivity index (χ1v) is 10.6. The molecule has 2 aliphatic rings. The van der Waals surface area contributed by atoms with E-state index in [1.54, 1.807) is 0 Å². The fourth-order valence-electron chi connectivity index (χ4n) is 4.55. The predicted octanol–water partition coefficient (Wildman–Crippen LogP) is 5.22. The van der Waals surface area contributed by atoms with E-state index in [2.05, 4.69) is 35.8 Å². The normalized spacial score (nSPS) is 21.5. The van der Waals surface area contributed by atoms with E-state index in [1.807, 2.05) is 29.3 Å². The number of carboxylic acids is 1. The molecule has 4 rings (SSSR count). The molecular weight excluding hydrogens is 364 g/mol. The molecule has 1 fully saturated rings. The average molecular weight is 389 g/mol. The maximum atomic E-state index is 12.0. The summed E-state index contributed by atoms with van der Waals surface area (Å²) in [5.41, 5.74) is 2.12. The van der Waals surface area contributed by atoms with Gasteiger partial charge in [-0.1, -0.05) is 44.4 Å². The molecule has 0 radical (unpaired) electrons. The summed E-state index contributed by atoms with van der Waals surface area (Å²) >= 11 is 6.58. The number of rotatable bonds is 3. The molecule has 1 aromatic heterocycles. The first-order valence-electron chi connectivity index (χ1n) is 9.36. The molecule has 26 heavy (non-hydrogen) atoms. The number of thiol groups is 1. The van der Waals surface area contributed by atoms with Gasteiger partial charge >= 0.3 is 5.97 Å². The predicted molar refractivity (Wildman–Crippen MR) is 107 cm³/mol. The van der Waals surface area contributed by atoms with Crippen molar-refractivity contribution >= 4 is 30.4 Å². The van der Waals surface area contributed by atoms with Gasteiger partial charge in [-0.05, 0) is 37.3 Å². The number of hydrogen-bond donors (Lipinski definition) is 2. The van der Waals surface area contributed by atoms with Gasteiger partial charge in [-0.25, -0.2) is 9.78 Å². The highest BCUT2D eigenvalue weighted by molar-refractivity contribution is 8.00. The van der Waals surface area contributed by atoms with Gasteiger partial charge in [0.1, 0.15) is 0 Å². The van der Waals surface area contributed by atoms with Gasteiger partial charge in [-0.2, -0.15) is 0 Å². The van der Waals surface area contributed by atoms with Crippen molar-refractivity contribution in [3.8, 4) is 0 Å². The summed E-state index contributed by atoms with van der Waals surface area (Å²) in [6, 6.07) is 8.42. The van der Waals surface area contributed by atoms with Crippen molar-refractivity contribution in [2.45, 2.75) is 72.7 Å². The van der Waals surface area contributed by atoms with Crippen LogP contribution >= 0.6 is 24.4 Å². The van der Waals surface area contributed by atoms with Crippen LogP contribution in [-0.2, 0) is 6.42 Å². The molecule has 1 aromatic carbocycles. The van der Waals surface area contributed by atoms with E-state index in [1.165, 1.54) is 42.6 Å². The summed E-state index contributed by atoms with van der Waals surface area (Å²) in [6.07, 6.45) is 7.75. The van der Waals surface area contributed by atoms with Gasteiger partial charge < -0.3 is 9.67 Å². The highest BCUT2D eigenvalue weighted by Gasteiger charge is 2.42. The molecule has 2 heterocycles. The Kier molecular flexibility index (Phi) is 4.82. The Hall–Kier alpha value is -1.40. The SMILES string of the molecule is CCc1nc(S)n(C2CC3(CCCCC3)Sc3ccccc32)c1C(=O)O. The monoisotopic (exact) mass is 388 g/mol. The van der Waals surface area contributed by atoms with Crippen molar-refractivity contribution in [3.05, 3.63) is 41.2 Å². The van der Waals surface area contributed by atoms with Crippen LogP contribution in [0.25, 0.3) is 0 Å². The molecule has 138 valence electrons. The van der Waals surface area contributed by atoms with Crippen LogP contribution in [0, 0.1) is 0 Å². The Labute approximate surface area is 163 Å². The number of carbonyl (C=O) groups is 1. The van der Waals surface area contributed by atoms with Gasteiger partial charge in [-0.15, -0.1) is 24.4 Å². The summed E-state index contributed by atoms with van der Waals surface area (Å²) in [4.78, 5) is 17.8. The molecule has 1 atom stereocenters. The van der Waals surface area contributed by atoms with Crippen LogP contribution in [0.1, 0.15) is 73.2 Å². The van der Waals surface area contributed by atoms with Crippen LogP contribution in [0.2, 0.25) is 0 Å². The number of aromatic nitrogens is 2. The molecule has 1 aliphatic heterocycles. The van der Waals surface area contributed by atoms with Gasteiger partial charge in [0.25, 0.3) is 0 Å². The number of benzene rings is 1. The summed E-state index contributed by atoms with van der Waals surface area (Å²) < 4.78 is 2.07. The molecule has 1 N–H and O–H groups in total. The Balaban J connectivity index is 1.88. The molecule has 1 aliphatic carbocycles. The number of nitrogens with zero attached hydrogens (tertiary/aromatic N) is 2. The molecule has 0 saturated heterocycles. The Morgan fingerprint density at radius 1 is 1.35 bits per heavy atom. The lowest BCUT2D eigenvalue weighted by atomic mass is 9.81. The van der Waals surface area contributed by atoms with Crippen LogP contribution < -0.4 is 0 Å². The quantitative estimate of drug-likeness (QED) is 0.708. The number of carboxylic acid groups (broad SMARTS) is 1. The third kappa shape index (κ3) is 2.97. The number of fused-ring (bicyclic) bond motifs is 1. The largest absolute Gasteiger partial charge is 0.477 e. The molecule has 0 amide bonds.